The highest BCUT2D eigenvalue weighted by atomic mass is 31.2. The summed E-state index contributed by atoms with van der Waals surface area (Å²) in [6.07, 6.45) is 74.9. The van der Waals surface area contributed by atoms with Crippen LogP contribution in [0.1, 0.15) is 290 Å². The largest absolute Gasteiger partial charge is 0.472 e. The summed E-state index contributed by atoms with van der Waals surface area (Å²) in [6.45, 7) is 4.78. The molecule has 0 aromatic heterocycles. The predicted octanol–water partition coefficient (Wildman–Crippen LogP) is 19.3. The van der Waals surface area contributed by atoms with Gasteiger partial charge in [0.15, 0.2) is 0 Å². The molecular formula is C64H122N2O6P+. The molecule has 0 rings (SSSR count). The van der Waals surface area contributed by atoms with E-state index in [-0.39, 0.29) is 19.1 Å². The fraction of sp³-hybridized carbons (Fsp3) is 0.828. The van der Waals surface area contributed by atoms with Gasteiger partial charge in [0.1, 0.15) is 13.2 Å². The summed E-state index contributed by atoms with van der Waals surface area (Å²) < 4.78 is 23.7. The molecule has 0 aliphatic heterocycles. The zero-order chi connectivity index (χ0) is 53.5. The molecule has 428 valence electrons. The van der Waals surface area contributed by atoms with Crippen LogP contribution in [-0.2, 0) is 18.4 Å². The van der Waals surface area contributed by atoms with Gasteiger partial charge in [0.2, 0.25) is 5.91 Å². The minimum Gasteiger partial charge on any atom is -0.387 e. The Morgan fingerprint density at radius 2 is 0.795 bits per heavy atom. The van der Waals surface area contributed by atoms with Crippen LogP contribution in [0.4, 0.5) is 0 Å². The van der Waals surface area contributed by atoms with E-state index in [1.54, 1.807) is 6.08 Å². The number of nitrogens with one attached hydrogen (secondary N) is 1. The third-order valence-electron chi connectivity index (χ3n) is 14.0. The number of phosphoric acid groups is 1. The van der Waals surface area contributed by atoms with Gasteiger partial charge in [-0.3, -0.25) is 13.8 Å². The maximum Gasteiger partial charge on any atom is 0.472 e. The number of hydrogen-bond donors (Lipinski definition) is 3. The van der Waals surface area contributed by atoms with E-state index >= 15 is 0 Å². The van der Waals surface area contributed by atoms with Gasteiger partial charge in [-0.1, -0.05) is 274 Å². The van der Waals surface area contributed by atoms with Crippen LogP contribution in [-0.4, -0.2) is 73.4 Å². The van der Waals surface area contributed by atoms with Gasteiger partial charge in [-0.2, -0.15) is 0 Å². The van der Waals surface area contributed by atoms with Gasteiger partial charge in [0.05, 0.1) is 39.9 Å². The molecule has 0 spiro atoms. The molecule has 73 heavy (non-hydrogen) atoms. The van der Waals surface area contributed by atoms with Crippen molar-refractivity contribution in [1.29, 1.82) is 0 Å². The molecule has 0 saturated carbocycles. The van der Waals surface area contributed by atoms with Gasteiger partial charge >= 0.3 is 7.82 Å². The Balaban J connectivity index is 4.16. The van der Waals surface area contributed by atoms with Crippen LogP contribution >= 0.6 is 7.82 Å². The van der Waals surface area contributed by atoms with Crippen molar-refractivity contribution >= 4 is 13.7 Å². The Kier molecular flexibility index (Phi) is 53.6. The van der Waals surface area contributed by atoms with Crippen molar-refractivity contribution in [2.45, 2.75) is 302 Å². The van der Waals surface area contributed by atoms with Crippen LogP contribution < -0.4 is 5.32 Å². The number of nitrogens with zero attached hydrogens (tertiary/aromatic N) is 1. The van der Waals surface area contributed by atoms with Crippen molar-refractivity contribution in [3.63, 3.8) is 0 Å². The lowest BCUT2D eigenvalue weighted by Crippen LogP contribution is -2.45. The van der Waals surface area contributed by atoms with E-state index in [2.05, 4.69) is 67.8 Å². The summed E-state index contributed by atoms with van der Waals surface area (Å²) in [6, 6.07) is -0.874. The van der Waals surface area contributed by atoms with Crippen molar-refractivity contribution < 1.29 is 32.9 Å². The second kappa shape index (κ2) is 55.0. The maximum absolute atomic E-state index is 13.0. The Morgan fingerprint density at radius 1 is 0.466 bits per heavy atom. The molecule has 0 saturated heterocycles. The zero-order valence-corrected chi connectivity index (χ0v) is 49.8. The first-order chi connectivity index (χ1) is 35.5. The van der Waals surface area contributed by atoms with Crippen molar-refractivity contribution in [3.8, 4) is 0 Å². The molecule has 0 aromatic carbocycles. The molecule has 0 aliphatic rings. The standard InChI is InChI=1S/C64H121N2O6P/c1-6-8-10-12-14-16-18-20-22-24-26-27-28-29-30-31-32-33-34-35-36-37-38-40-41-43-45-47-49-51-53-55-57-63(67)62(61-72-73(69,70)71-60-59-66(3,4)5)65-64(68)58-56-54-52-50-48-46-44-42-39-25-23-21-19-17-15-13-11-9-7-2/h15,17,21,23,39,42,47,49,55,57,62-63,67H,6-14,16,18-20,22,24-38,40-41,43-46,48,50-54,56,58-61H2,1-5H3,(H-,65,68,69,70)/p+1/b17-15-,23-21-,42-39-,49-47+,57-55+. The van der Waals surface area contributed by atoms with Crippen LogP contribution in [0.25, 0.3) is 0 Å². The van der Waals surface area contributed by atoms with Crippen LogP contribution in [0.3, 0.4) is 0 Å². The SMILES string of the molecule is CCCCC/C=C\C/C=C\C/C=C\CCCCCCCCC(=O)NC(COP(=O)(O)OCC[N+](C)(C)C)C(O)/C=C/CC/C=C/CCCCCCCCCCCCCCCCCCCCCCCCCCCC. The highest BCUT2D eigenvalue weighted by Crippen LogP contribution is 2.43. The number of allylic oxidation sites excluding steroid dienone is 9. The minimum atomic E-state index is -4.36. The molecule has 3 atom stereocenters. The van der Waals surface area contributed by atoms with E-state index in [9.17, 15) is 19.4 Å². The zero-order valence-electron chi connectivity index (χ0n) is 48.9. The van der Waals surface area contributed by atoms with Crippen molar-refractivity contribution in [1.82, 2.24) is 5.32 Å². The fourth-order valence-electron chi connectivity index (χ4n) is 9.07. The molecule has 0 heterocycles. The van der Waals surface area contributed by atoms with E-state index in [0.717, 1.165) is 64.2 Å². The van der Waals surface area contributed by atoms with E-state index in [0.29, 0.717) is 17.4 Å². The van der Waals surface area contributed by atoms with Crippen molar-refractivity contribution in [3.05, 3.63) is 60.8 Å². The number of phosphoric ester groups is 1. The van der Waals surface area contributed by atoms with Crippen LogP contribution in [0, 0.1) is 0 Å². The second-order valence-electron chi connectivity index (χ2n) is 22.4. The molecule has 9 heteroatoms. The smallest absolute Gasteiger partial charge is 0.387 e. The number of likely N-dealkylation sites (N-methyl/N-ethyl adjacent to an activating group) is 1. The third-order valence-corrected chi connectivity index (χ3v) is 14.9. The number of aliphatic hydroxyl groups excluding tert-OH is 1. The summed E-state index contributed by atoms with van der Waals surface area (Å²) in [7, 11) is 1.55. The molecule has 0 radical (unpaired) electrons. The van der Waals surface area contributed by atoms with E-state index in [4.69, 9.17) is 9.05 Å². The average Bonchev–Trinajstić information content (AvgIpc) is 3.35. The number of rotatable bonds is 57. The number of quaternary nitrogens is 1. The van der Waals surface area contributed by atoms with E-state index in [1.807, 2.05) is 27.2 Å². The number of hydrogen-bond acceptors (Lipinski definition) is 5. The molecule has 0 fully saturated rings. The highest BCUT2D eigenvalue weighted by molar-refractivity contribution is 7.47. The van der Waals surface area contributed by atoms with Gasteiger partial charge in [0, 0.05) is 6.42 Å². The first-order valence-corrected chi connectivity index (χ1v) is 32.7. The fourth-order valence-corrected chi connectivity index (χ4v) is 9.80. The van der Waals surface area contributed by atoms with Gasteiger partial charge in [-0.25, -0.2) is 4.57 Å². The molecule has 0 aliphatic carbocycles. The molecule has 8 nitrogen and oxygen atoms in total. The molecule has 0 bridgehead atoms. The molecule has 3 N–H and O–H groups in total. The lowest BCUT2D eigenvalue weighted by molar-refractivity contribution is -0.870. The predicted molar refractivity (Wildman–Crippen MR) is 318 cm³/mol. The van der Waals surface area contributed by atoms with Gasteiger partial charge in [-0.15, -0.1) is 0 Å². The highest BCUT2D eigenvalue weighted by Gasteiger charge is 2.27. The second-order valence-corrected chi connectivity index (χ2v) is 23.9. The van der Waals surface area contributed by atoms with Gasteiger partial charge < -0.3 is 19.8 Å². The van der Waals surface area contributed by atoms with E-state index < -0.39 is 20.0 Å². The quantitative estimate of drug-likeness (QED) is 0.0243. The normalized spacial score (nSPS) is 14.2. The monoisotopic (exact) mass is 1050 g/mol. The topological polar surface area (TPSA) is 105 Å². The lowest BCUT2D eigenvalue weighted by atomic mass is 10.0. The van der Waals surface area contributed by atoms with E-state index in [1.165, 1.54) is 205 Å². The van der Waals surface area contributed by atoms with Crippen LogP contribution in [0.2, 0.25) is 0 Å². The molecule has 1 amide bonds. The Morgan fingerprint density at radius 3 is 1.22 bits per heavy atom. The number of carbonyl (C=O) groups excluding carboxylic acids is 1. The molecule has 3 unspecified atom stereocenters. The Hall–Kier alpha value is -1.80. The Bertz CT molecular complexity index is 1370. The van der Waals surface area contributed by atoms with Crippen molar-refractivity contribution in [2.75, 3.05) is 40.9 Å². The summed E-state index contributed by atoms with van der Waals surface area (Å²) >= 11 is 0. The lowest BCUT2D eigenvalue weighted by Gasteiger charge is -2.25. The van der Waals surface area contributed by atoms with Gasteiger partial charge in [0.25, 0.3) is 0 Å². The summed E-state index contributed by atoms with van der Waals surface area (Å²) in [5.74, 6) is -0.198. The number of carbonyl (C=O) groups is 1. The van der Waals surface area contributed by atoms with Crippen LogP contribution in [0.15, 0.2) is 60.8 Å². The van der Waals surface area contributed by atoms with Gasteiger partial charge in [-0.05, 0) is 70.6 Å². The molecular weight excluding hydrogens is 924 g/mol. The first-order valence-electron chi connectivity index (χ1n) is 31.2. The average molecular weight is 1050 g/mol. The summed E-state index contributed by atoms with van der Waals surface area (Å²) in [5.41, 5.74) is 0. The molecule has 0 aromatic rings. The summed E-state index contributed by atoms with van der Waals surface area (Å²) in [4.78, 5) is 23.3. The third kappa shape index (κ3) is 57.7. The summed E-state index contributed by atoms with van der Waals surface area (Å²) in [5, 5.41) is 13.9. The first kappa shape index (κ1) is 71.2. The minimum absolute atomic E-state index is 0.0514. The Labute approximate surface area is 453 Å². The maximum atomic E-state index is 13.0. The van der Waals surface area contributed by atoms with Crippen LogP contribution in [0.5, 0.6) is 0 Å². The number of amides is 1. The number of aliphatic hydroxyl groups is 1. The van der Waals surface area contributed by atoms with Crippen molar-refractivity contribution in [2.24, 2.45) is 0 Å². The number of unbranched alkanes of at least 4 members (excludes halogenated alkanes) is 36.